The Balaban J connectivity index is 0.00000408. The van der Waals surface area contributed by atoms with Crippen LogP contribution in [-0.2, 0) is 12.8 Å². The first kappa shape index (κ1) is 28.4. The van der Waals surface area contributed by atoms with Crippen molar-refractivity contribution in [3.63, 3.8) is 0 Å². The van der Waals surface area contributed by atoms with Gasteiger partial charge in [-0.3, -0.25) is 0 Å². The Morgan fingerprint density at radius 3 is 2.62 bits per heavy atom. The summed E-state index contributed by atoms with van der Waals surface area (Å²) in [4.78, 5) is 0. The number of hydrogen-bond donors (Lipinski definition) is 2. The fraction of sp³-hybridized carbons (Fsp3) is 0.538. The number of rotatable bonds is 10. The molecule has 0 fully saturated rings. The van der Waals surface area contributed by atoms with Crippen LogP contribution >= 0.6 is 12.4 Å². The van der Waals surface area contributed by atoms with Gasteiger partial charge in [0, 0.05) is 5.92 Å². The molecule has 2 atom stereocenters. The normalized spacial score (nSPS) is 20.1. The minimum Gasteiger partial charge on any atom is -0.484 e. The van der Waals surface area contributed by atoms with E-state index >= 15 is 0 Å². The van der Waals surface area contributed by atoms with Crippen LogP contribution in [0.2, 0.25) is 0 Å². The maximum Gasteiger partial charge on any atom is 0.422 e. The molecule has 2 N–H and O–H groups in total. The molecular formula is C26H34ClF4NO2. The van der Waals surface area contributed by atoms with E-state index in [1.807, 2.05) is 12.1 Å². The summed E-state index contributed by atoms with van der Waals surface area (Å²) < 4.78 is 55.4. The van der Waals surface area contributed by atoms with Crippen LogP contribution in [0.1, 0.15) is 55.7 Å². The number of halogens is 5. The highest BCUT2D eigenvalue weighted by molar-refractivity contribution is 5.85. The van der Waals surface area contributed by atoms with E-state index in [9.17, 15) is 22.7 Å². The van der Waals surface area contributed by atoms with Gasteiger partial charge in [0.2, 0.25) is 0 Å². The SMILES string of the molecule is CC(C)C1c2ccc(F)cc2CCC1(O)CCNCCCc1cccc(OCC(F)(F)F)c1.Cl. The Bertz CT molecular complexity index is 922. The van der Waals surface area contributed by atoms with Crippen LogP contribution in [0.15, 0.2) is 42.5 Å². The van der Waals surface area contributed by atoms with Crippen molar-refractivity contribution < 1.29 is 27.4 Å². The van der Waals surface area contributed by atoms with Gasteiger partial charge in [-0.2, -0.15) is 13.2 Å². The van der Waals surface area contributed by atoms with E-state index in [1.165, 1.54) is 12.1 Å². The Kier molecular flexibility index (Phi) is 10.2. The summed E-state index contributed by atoms with van der Waals surface area (Å²) in [5.41, 5.74) is 2.13. The first-order chi connectivity index (χ1) is 15.6. The summed E-state index contributed by atoms with van der Waals surface area (Å²) >= 11 is 0. The molecule has 0 saturated heterocycles. The molecule has 190 valence electrons. The molecule has 2 unspecified atom stereocenters. The predicted octanol–water partition coefficient (Wildman–Crippen LogP) is 6.22. The summed E-state index contributed by atoms with van der Waals surface area (Å²) in [7, 11) is 0. The molecule has 0 radical (unpaired) electrons. The summed E-state index contributed by atoms with van der Waals surface area (Å²) in [5.74, 6) is 0.174. The average molecular weight is 504 g/mol. The topological polar surface area (TPSA) is 41.5 Å². The lowest BCUT2D eigenvalue weighted by molar-refractivity contribution is -0.153. The first-order valence-corrected chi connectivity index (χ1v) is 11.6. The molecule has 0 bridgehead atoms. The van der Waals surface area contributed by atoms with E-state index in [1.54, 1.807) is 18.2 Å². The standard InChI is InChI=1S/C26H33F4NO2.ClH/c1-18(2)24-23-9-8-21(27)16-20(23)10-11-25(24,32)12-14-31-13-4-6-19-5-3-7-22(15-19)33-17-26(28,29)30;/h3,5,7-9,15-16,18,24,31-32H,4,6,10-14,17H2,1-2H3;1H. The molecule has 1 aliphatic carbocycles. The Morgan fingerprint density at radius 1 is 1.15 bits per heavy atom. The highest BCUT2D eigenvalue weighted by Gasteiger charge is 2.42. The van der Waals surface area contributed by atoms with Crippen LogP contribution in [0.25, 0.3) is 0 Å². The van der Waals surface area contributed by atoms with Gasteiger partial charge < -0.3 is 15.2 Å². The fourth-order valence-electron chi connectivity index (χ4n) is 4.95. The van der Waals surface area contributed by atoms with Gasteiger partial charge in [-0.1, -0.05) is 32.0 Å². The molecule has 3 nitrogen and oxygen atoms in total. The average Bonchev–Trinajstić information content (AvgIpc) is 2.74. The molecular weight excluding hydrogens is 470 g/mol. The third-order valence-corrected chi connectivity index (χ3v) is 6.37. The quantitative estimate of drug-likeness (QED) is 0.299. The third kappa shape index (κ3) is 7.85. The molecule has 0 aromatic heterocycles. The van der Waals surface area contributed by atoms with E-state index in [0.717, 1.165) is 29.7 Å². The highest BCUT2D eigenvalue weighted by atomic mass is 35.5. The van der Waals surface area contributed by atoms with Gasteiger partial charge in [-0.15, -0.1) is 12.4 Å². The van der Waals surface area contributed by atoms with Crippen LogP contribution in [0, 0.1) is 11.7 Å². The van der Waals surface area contributed by atoms with Gasteiger partial charge in [0.1, 0.15) is 11.6 Å². The fourth-order valence-corrected chi connectivity index (χ4v) is 4.95. The molecule has 0 spiro atoms. The molecule has 8 heteroatoms. The summed E-state index contributed by atoms with van der Waals surface area (Å²) in [6.45, 7) is 4.28. The number of alkyl halides is 3. The smallest absolute Gasteiger partial charge is 0.422 e. The molecule has 0 heterocycles. The number of ether oxygens (including phenoxy) is 1. The lowest BCUT2D eigenvalue weighted by atomic mass is 9.66. The second kappa shape index (κ2) is 12.2. The Labute approximate surface area is 205 Å². The molecule has 1 aliphatic rings. The number of hydrogen-bond acceptors (Lipinski definition) is 3. The largest absolute Gasteiger partial charge is 0.484 e. The van der Waals surface area contributed by atoms with Crippen LogP contribution in [0.4, 0.5) is 17.6 Å². The van der Waals surface area contributed by atoms with Crippen molar-refractivity contribution in [2.24, 2.45) is 5.92 Å². The second-order valence-corrected chi connectivity index (χ2v) is 9.32. The summed E-state index contributed by atoms with van der Waals surface area (Å²) in [5, 5.41) is 14.8. The van der Waals surface area contributed by atoms with E-state index in [-0.39, 0.29) is 35.8 Å². The van der Waals surface area contributed by atoms with Gasteiger partial charge in [0.25, 0.3) is 0 Å². The van der Waals surface area contributed by atoms with E-state index < -0.39 is 18.4 Å². The highest BCUT2D eigenvalue weighted by Crippen LogP contribution is 2.45. The monoisotopic (exact) mass is 503 g/mol. The Morgan fingerprint density at radius 2 is 1.91 bits per heavy atom. The lowest BCUT2D eigenvalue weighted by Crippen LogP contribution is -2.45. The number of nitrogens with one attached hydrogen (secondary N) is 1. The molecule has 34 heavy (non-hydrogen) atoms. The zero-order valence-electron chi connectivity index (χ0n) is 19.6. The van der Waals surface area contributed by atoms with Crippen molar-refractivity contribution in [2.75, 3.05) is 19.7 Å². The van der Waals surface area contributed by atoms with Crippen molar-refractivity contribution in [3.8, 4) is 5.75 Å². The van der Waals surface area contributed by atoms with E-state index in [4.69, 9.17) is 4.74 Å². The number of aryl methyl sites for hydroxylation is 2. The van der Waals surface area contributed by atoms with Crippen molar-refractivity contribution in [2.45, 2.75) is 63.6 Å². The van der Waals surface area contributed by atoms with Crippen LogP contribution in [0.5, 0.6) is 5.75 Å². The van der Waals surface area contributed by atoms with Crippen LogP contribution in [-0.4, -0.2) is 36.6 Å². The van der Waals surface area contributed by atoms with Gasteiger partial charge in [-0.25, -0.2) is 4.39 Å². The first-order valence-electron chi connectivity index (χ1n) is 11.6. The third-order valence-electron chi connectivity index (χ3n) is 6.37. The summed E-state index contributed by atoms with van der Waals surface area (Å²) in [6, 6.07) is 11.6. The Hall–Kier alpha value is -1.83. The van der Waals surface area contributed by atoms with Crippen LogP contribution in [0.3, 0.4) is 0 Å². The van der Waals surface area contributed by atoms with Crippen LogP contribution < -0.4 is 10.1 Å². The van der Waals surface area contributed by atoms with Crippen molar-refractivity contribution >= 4 is 12.4 Å². The molecule has 0 amide bonds. The van der Waals surface area contributed by atoms with Crippen molar-refractivity contribution in [3.05, 3.63) is 65.0 Å². The number of aliphatic hydroxyl groups is 1. The second-order valence-electron chi connectivity index (χ2n) is 9.32. The zero-order valence-corrected chi connectivity index (χ0v) is 20.4. The molecule has 0 saturated carbocycles. The zero-order chi connectivity index (χ0) is 24.1. The molecule has 2 aromatic rings. The van der Waals surface area contributed by atoms with Gasteiger partial charge >= 0.3 is 6.18 Å². The summed E-state index contributed by atoms with van der Waals surface area (Å²) in [6.07, 6.45) is -0.939. The minimum absolute atomic E-state index is 0. The lowest BCUT2D eigenvalue weighted by Gasteiger charge is -2.44. The number of fused-ring (bicyclic) bond motifs is 1. The minimum atomic E-state index is -4.35. The number of benzene rings is 2. The van der Waals surface area contributed by atoms with E-state index in [0.29, 0.717) is 32.2 Å². The maximum absolute atomic E-state index is 13.6. The van der Waals surface area contributed by atoms with Gasteiger partial charge in [0.05, 0.1) is 5.60 Å². The molecule has 2 aromatic carbocycles. The molecule has 0 aliphatic heterocycles. The van der Waals surface area contributed by atoms with Gasteiger partial charge in [-0.05, 0) is 92.1 Å². The van der Waals surface area contributed by atoms with Crippen molar-refractivity contribution in [1.82, 2.24) is 5.32 Å². The predicted molar refractivity (Wildman–Crippen MR) is 128 cm³/mol. The van der Waals surface area contributed by atoms with Gasteiger partial charge in [0.15, 0.2) is 6.61 Å². The van der Waals surface area contributed by atoms with Crippen molar-refractivity contribution in [1.29, 1.82) is 0 Å². The van der Waals surface area contributed by atoms with E-state index in [2.05, 4.69) is 19.2 Å². The maximum atomic E-state index is 13.6. The molecule has 3 rings (SSSR count).